The number of benzene rings is 1. The largest absolute Gasteiger partial charge is 0.340 e. The molecule has 1 aliphatic heterocycles. The van der Waals surface area contributed by atoms with Crippen molar-refractivity contribution in [1.29, 1.82) is 0 Å². The van der Waals surface area contributed by atoms with E-state index < -0.39 is 6.04 Å². The third-order valence-corrected chi connectivity index (χ3v) is 3.17. The van der Waals surface area contributed by atoms with Gasteiger partial charge in [0.1, 0.15) is 6.04 Å². The Bertz CT molecular complexity index is 430. The summed E-state index contributed by atoms with van der Waals surface area (Å²) < 4.78 is 0. The van der Waals surface area contributed by atoms with Crippen molar-refractivity contribution in [1.82, 2.24) is 10.2 Å². The van der Waals surface area contributed by atoms with Crippen LogP contribution in [0.15, 0.2) is 30.3 Å². The van der Waals surface area contributed by atoms with Gasteiger partial charge in [-0.25, -0.2) is 0 Å². The Morgan fingerprint density at radius 2 is 1.88 bits per heavy atom. The summed E-state index contributed by atoms with van der Waals surface area (Å²) in [6.45, 7) is 1.88. The van der Waals surface area contributed by atoms with Gasteiger partial charge in [-0.3, -0.25) is 9.59 Å². The highest BCUT2D eigenvalue weighted by Gasteiger charge is 2.32. The van der Waals surface area contributed by atoms with Crippen LogP contribution in [-0.4, -0.2) is 29.8 Å². The van der Waals surface area contributed by atoms with Gasteiger partial charge in [0.05, 0.1) is 0 Å². The van der Waals surface area contributed by atoms with Gasteiger partial charge in [0.25, 0.3) is 0 Å². The highest BCUT2D eigenvalue weighted by atomic mass is 16.2. The van der Waals surface area contributed by atoms with Crippen molar-refractivity contribution in [3.63, 3.8) is 0 Å². The Morgan fingerprint density at radius 1 is 1.24 bits per heavy atom. The maximum absolute atomic E-state index is 12.2. The van der Waals surface area contributed by atoms with Gasteiger partial charge in [0, 0.05) is 19.5 Å². The highest BCUT2D eigenvalue weighted by molar-refractivity contribution is 5.91. The minimum atomic E-state index is -0.557. The second-order valence-electron chi connectivity index (χ2n) is 4.41. The minimum absolute atomic E-state index is 0.0591. The lowest BCUT2D eigenvalue weighted by molar-refractivity contribution is -0.133. The highest BCUT2D eigenvalue weighted by Crippen LogP contribution is 2.20. The molecule has 2 rings (SSSR count). The molecule has 4 nitrogen and oxygen atoms in total. The van der Waals surface area contributed by atoms with Crippen LogP contribution in [0.2, 0.25) is 0 Å². The number of nitrogens with one attached hydrogen (secondary N) is 1. The summed E-state index contributed by atoms with van der Waals surface area (Å²) in [4.78, 5) is 25.5. The molecule has 1 heterocycles. The van der Waals surface area contributed by atoms with Crippen LogP contribution in [0, 0.1) is 0 Å². The summed E-state index contributed by atoms with van der Waals surface area (Å²) in [5.74, 6) is -0.140. The first kappa shape index (κ1) is 11.6. The van der Waals surface area contributed by atoms with Crippen LogP contribution in [0.25, 0.3) is 0 Å². The zero-order valence-corrected chi connectivity index (χ0v) is 10.0. The molecule has 1 fully saturated rings. The van der Waals surface area contributed by atoms with Crippen LogP contribution >= 0.6 is 0 Å². The van der Waals surface area contributed by atoms with Crippen molar-refractivity contribution in [2.75, 3.05) is 7.05 Å². The zero-order chi connectivity index (χ0) is 12.4. The minimum Gasteiger partial charge on any atom is -0.340 e. The van der Waals surface area contributed by atoms with E-state index in [0.717, 1.165) is 5.56 Å². The van der Waals surface area contributed by atoms with Crippen LogP contribution in [0.3, 0.4) is 0 Å². The number of carbonyl (C=O) groups excluding carboxylic acids is 2. The van der Waals surface area contributed by atoms with Crippen molar-refractivity contribution in [2.45, 2.75) is 25.4 Å². The van der Waals surface area contributed by atoms with Crippen LogP contribution < -0.4 is 5.32 Å². The summed E-state index contributed by atoms with van der Waals surface area (Å²) in [5.41, 5.74) is 0.826. The van der Waals surface area contributed by atoms with E-state index in [-0.39, 0.29) is 17.9 Å². The first-order valence-corrected chi connectivity index (χ1v) is 5.70. The number of hydrogen-bond acceptors (Lipinski definition) is 2. The van der Waals surface area contributed by atoms with Gasteiger partial charge >= 0.3 is 0 Å². The van der Waals surface area contributed by atoms with Gasteiger partial charge in [0.2, 0.25) is 11.8 Å². The molecule has 17 heavy (non-hydrogen) atoms. The topological polar surface area (TPSA) is 49.4 Å². The third kappa shape index (κ3) is 2.30. The second kappa shape index (κ2) is 4.57. The number of rotatable bonds is 1. The summed E-state index contributed by atoms with van der Waals surface area (Å²) in [7, 11) is 1.74. The molecule has 2 atom stereocenters. The molecule has 1 saturated heterocycles. The lowest BCUT2D eigenvalue weighted by Gasteiger charge is -2.24. The van der Waals surface area contributed by atoms with Crippen LogP contribution in [-0.2, 0) is 9.59 Å². The van der Waals surface area contributed by atoms with E-state index in [4.69, 9.17) is 0 Å². The monoisotopic (exact) mass is 232 g/mol. The summed E-state index contributed by atoms with van der Waals surface area (Å²) in [6.07, 6.45) is 0.353. The molecule has 0 spiro atoms. The average molecular weight is 232 g/mol. The molecule has 0 bridgehead atoms. The maximum atomic E-state index is 12.2. The SMILES string of the molecule is CC1CC(=O)NC(c2ccccc2)C(=O)N1C. The average Bonchev–Trinajstić information content (AvgIpc) is 2.43. The van der Waals surface area contributed by atoms with Crippen molar-refractivity contribution < 1.29 is 9.59 Å². The molecule has 0 aliphatic carbocycles. The Labute approximate surface area is 101 Å². The van der Waals surface area contributed by atoms with E-state index in [2.05, 4.69) is 5.32 Å². The molecule has 0 saturated carbocycles. The van der Waals surface area contributed by atoms with Crippen molar-refractivity contribution >= 4 is 11.8 Å². The van der Waals surface area contributed by atoms with Gasteiger partial charge in [0.15, 0.2) is 0 Å². The number of nitrogens with zero attached hydrogens (tertiary/aromatic N) is 1. The molecule has 0 aromatic heterocycles. The van der Waals surface area contributed by atoms with Gasteiger partial charge in [-0.15, -0.1) is 0 Å². The van der Waals surface area contributed by atoms with Gasteiger partial charge in [-0.2, -0.15) is 0 Å². The van der Waals surface area contributed by atoms with E-state index in [1.807, 2.05) is 37.3 Å². The van der Waals surface area contributed by atoms with Gasteiger partial charge in [-0.05, 0) is 12.5 Å². The lowest BCUT2D eigenvalue weighted by atomic mass is 10.1. The van der Waals surface area contributed by atoms with Crippen LogP contribution in [0.4, 0.5) is 0 Å². The number of hydrogen-bond donors (Lipinski definition) is 1. The van der Waals surface area contributed by atoms with Crippen LogP contribution in [0.1, 0.15) is 24.9 Å². The van der Waals surface area contributed by atoms with Crippen LogP contribution in [0.5, 0.6) is 0 Å². The molecule has 1 N–H and O–H groups in total. The number of amides is 2. The molecule has 1 aromatic rings. The predicted molar refractivity (Wildman–Crippen MR) is 64.2 cm³/mol. The molecule has 4 heteroatoms. The molecule has 1 aromatic carbocycles. The third-order valence-electron chi connectivity index (χ3n) is 3.17. The Balaban J connectivity index is 2.33. The number of likely N-dealkylation sites (N-methyl/N-ethyl adjacent to an activating group) is 1. The fraction of sp³-hybridized carbons (Fsp3) is 0.385. The molecular weight excluding hydrogens is 216 g/mol. The Hall–Kier alpha value is -1.84. The predicted octanol–water partition coefficient (Wildman–Crippen LogP) is 1.09. The first-order valence-electron chi connectivity index (χ1n) is 5.70. The van der Waals surface area contributed by atoms with E-state index in [1.54, 1.807) is 11.9 Å². The van der Waals surface area contributed by atoms with Crippen molar-refractivity contribution in [3.8, 4) is 0 Å². The lowest BCUT2D eigenvalue weighted by Crippen LogP contribution is -2.38. The molecule has 90 valence electrons. The van der Waals surface area contributed by atoms with E-state index in [1.165, 1.54) is 0 Å². The van der Waals surface area contributed by atoms with E-state index >= 15 is 0 Å². The number of carbonyl (C=O) groups is 2. The molecule has 2 unspecified atom stereocenters. The summed E-state index contributed by atoms with van der Waals surface area (Å²) >= 11 is 0. The smallest absolute Gasteiger partial charge is 0.249 e. The standard InChI is InChI=1S/C13H16N2O2/c1-9-8-11(16)14-12(13(17)15(9)2)10-6-4-3-5-7-10/h3-7,9,12H,8H2,1-2H3,(H,14,16). The van der Waals surface area contributed by atoms with E-state index in [9.17, 15) is 9.59 Å². The fourth-order valence-corrected chi connectivity index (χ4v) is 1.98. The van der Waals surface area contributed by atoms with Gasteiger partial charge < -0.3 is 10.2 Å². The Morgan fingerprint density at radius 3 is 2.53 bits per heavy atom. The van der Waals surface area contributed by atoms with Gasteiger partial charge in [-0.1, -0.05) is 30.3 Å². The normalized spacial score (nSPS) is 25.4. The van der Waals surface area contributed by atoms with Crippen molar-refractivity contribution in [3.05, 3.63) is 35.9 Å². The Kier molecular flexibility index (Phi) is 3.13. The second-order valence-corrected chi connectivity index (χ2v) is 4.41. The maximum Gasteiger partial charge on any atom is 0.249 e. The van der Waals surface area contributed by atoms with E-state index in [0.29, 0.717) is 6.42 Å². The molecule has 1 aliphatic rings. The molecular formula is C13H16N2O2. The summed E-state index contributed by atoms with van der Waals surface area (Å²) in [5, 5.41) is 2.78. The summed E-state index contributed by atoms with van der Waals surface area (Å²) in [6, 6.07) is 8.71. The molecule has 0 radical (unpaired) electrons. The molecule has 2 amide bonds. The first-order chi connectivity index (χ1) is 8.09. The van der Waals surface area contributed by atoms with Crippen molar-refractivity contribution in [2.24, 2.45) is 0 Å². The fourth-order valence-electron chi connectivity index (χ4n) is 1.98. The zero-order valence-electron chi connectivity index (χ0n) is 10.0. The quantitative estimate of drug-likeness (QED) is 0.788.